The minimum atomic E-state index is -4.50. The van der Waals surface area contributed by atoms with Crippen molar-refractivity contribution in [2.45, 2.75) is 6.18 Å². The molecule has 0 spiro atoms. The Morgan fingerprint density at radius 1 is 1.05 bits per heavy atom. The highest BCUT2D eigenvalue weighted by atomic mass is 35.5. The largest absolute Gasteiger partial charge is 0.418 e. The van der Waals surface area contributed by atoms with Crippen molar-refractivity contribution in [2.24, 2.45) is 5.84 Å². The van der Waals surface area contributed by atoms with Gasteiger partial charge in [-0.2, -0.15) is 13.2 Å². The summed E-state index contributed by atoms with van der Waals surface area (Å²) in [5, 5.41) is 2.75. The van der Waals surface area contributed by atoms with E-state index in [2.05, 4.69) is 15.7 Å². The van der Waals surface area contributed by atoms with Crippen LogP contribution in [0.3, 0.4) is 0 Å². The van der Waals surface area contributed by atoms with Crippen molar-refractivity contribution in [3.8, 4) is 0 Å². The third-order valence-electron chi connectivity index (χ3n) is 2.55. The summed E-state index contributed by atoms with van der Waals surface area (Å²) in [5.74, 6) is 5.31. The van der Waals surface area contributed by atoms with E-state index >= 15 is 0 Å². The van der Waals surface area contributed by atoms with E-state index in [0.29, 0.717) is 0 Å². The molecule has 0 aliphatic heterocycles. The minimum absolute atomic E-state index is 0.00529. The van der Waals surface area contributed by atoms with E-state index < -0.39 is 11.7 Å². The molecule has 0 atom stereocenters. The zero-order valence-electron chi connectivity index (χ0n) is 10.3. The van der Waals surface area contributed by atoms with Crippen molar-refractivity contribution in [2.75, 3.05) is 10.7 Å². The zero-order chi connectivity index (χ0) is 15.6. The fraction of sp³-hybridized carbons (Fsp3) is 0.0833. The first kappa shape index (κ1) is 15.7. The number of nitrogens with zero attached hydrogens (tertiary/aromatic N) is 1. The van der Waals surface area contributed by atoms with Crippen LogP contribution < -0.4 is 16.6 Å². The molecule has 4 nitrogen and oxygen atoms in total. The molecule has 9 heteroatoms. The van der Waals surface area contributed by atoms with Gasteiger partial charge in [0.05, 0.1) is 21.3 Å². The van der Waals surface area contributed by atoms with Gasteiger partial charge >= 0.3 is 6.18 Å². The number of nitrogens with one attached hydrogen (secondary N) is 2. The predicted molar refractivity (Wildman–Crippen MR) is 76.8 cm³/mol. The van der Waals surface area contributed by atoms with Crippen LogP contribution in [0, 0.1) is 0 Å². The second kappa shape index (κ2) is 5.97. The molecule has 0 amide bonds. The molecule has 1 aromatic carbocycles. The molecule has 0 saturated carbocycles. The van der Waals surface area contributed by atoms with Crippen molar-refractivity contribution in [1.82, 2.24) is 4.98 Å². The van der Waals surface area contributed by atoms with Crippen LogP contribution in [0.25, 0.3) is 0 Å². The van der Waals surface area contributed by atoms with Gasteiger partial charge in [0.1, 0.15) is 0 Å². The topological polar surface area (TPSA) is 63.0 Å². The molecule has 0 saturated heterocycles. The summed E-state index contributed by atoms with van der Waals surface area (Å²) in [7, 11) is 0. The molecular weight excluding hydrogens is 328 g/mol. The van der Waals surface area contributed by atoms with E-state index in [0.717, 1.165) is 6.07 Å². The summed E-state index contributed by atoms with van der Waals surface area (Å²) in [6.07, 6.45) is -4.50. The Kier molecular flexibility index (Phi) is 4.46. The Morgan fingerprint density at radius 3 is 2.29 bits per heavy atom. The molecule has 0 aliphatic carbocycles. The summed E-state index contributed by atoms with van der Waals surface area (Å²) in [5.41, 5.74) is 1.22. The highest BCUT2D eigenvalue weighted by Crippen LogP contribution is 2.37. The number of hydrogen-bond donors (Lipinski definition) is 3. The van der Waals surface area contributed by atoms with E-state index in [4.69, 9.17) is 29.0 Å². The maximum atomic E-state index is 12.9. The second-order valence-corrected chi connectivity index (χ2v) is 4.78. The van der Waals surface area contributed by atoms with Gasteiger partial charge in [-0.1, -0.05) is 35.3 Å². The molecule has 2 rings (SSSR count). The number of hydrogen-bond acceptors (Lipinski definition) is 4. The predicted octanol–water partition coefficient (Wildman–Crippen LogP) is 4.44. The van der Waals surface area contributed by atoms with E-state index in [1.54, 1.807) is 0 Å². The van der Waals surface area contributed by atoms with Crippen LogP contribution in [0.15, 0.2) is 30.3 Å². The van der Waals surface area contributed by atoms with Gasteiger partial charge < -0.3 is 10.7 Å². The van der Waals surface area contributed by atoms with Gasteiger partial charge in [-0.15, -0.1) is 0 Å². The Morgan fingerprint density at radius 2 is 1.67 bits per heavy atom. The molecule has 0 bridgehead atoms. The quantitative estimate of drug-likeness (QED) is 0.572. The first-order valence-corrected chi connectivity index (χ1v) is 6.34. The van der Waals surface area contributed by atoms with Crippen molar-refractivity contribution >= 4 is 40.5 Å². The summed E-state index contributed by atoms with van der Waals surface area (Å²) in [6, 6.07) is 6.30. The zero-order valence-corrected chi connectivity index (χ0v) is 11.8. The van der Waals surface area contributed by atoms with E-state index in [1.807, 2.05) is 0 Å². The molecule has 4 N–H and O–H groups in total. The average molecular weight is 337 g/mol. The number of rotatable bonds is 3. The van der Waals surface area contributed by atoms with Gasteiger partial charge in [-0.25, -0.2) is 10.8 Å². The Balaban J connectivity index is 2.44. The third kappa shape index (κ3) is 3.49. The molecule has 0 aliphatic rings. The number of hydrazine groups is 1. The van der Waals surface area contributed by atoms with Crippen molar-refractivity contribution in [3.05, 3.63) is 45.9 Å². The van der Waals surface area contributed by atoms with Crippen LogP contribution in [0.2, 0.25) is 10.0 Å². The molecule has 1 heterocycles. The number of alkyl halides is 3. The van der Waals surface area contributed by atoms with Crippen molar-refractivity contribution in [1.29, 1.82) is 0 Å². The Labute approximate surface area is 128 Å². The van der Waals surface area contributed by atoms with Crippen LogP contribution in [0.5, 0.6) is 0 Å². The van der Waals surface area contributed by atoms with Gasteiger partial charge in [0.15, 0.2) is 11.6 Å². The maximum Gasteiger partial charge on any atom is 0.418 e. The number of anilines is 3. The van der Waals surface area contributed by atoms with Crippen LogP contribution >= 0.6 is 23.2 Å². The van der Waals surface area contributed by atoms with E-state index in [9.17, 15) is 13.2 Å². The highest BCUT2D eigenvalue weighted by Gasteiger charge is 2.33. The molecular formula is C12H9Cl2F3N4. The van der Waals surface area contributed by atoms with Crippen LogP contribution in [-0.2, 0) is 6.18 Å². The average Bonchev–Trinajstić information content (AvgIpc) is 2.41. The first-order chi connectivity index (χ1) is 9.82. The third-order valence-corrected chi connectivity index (χ3v) is 3.13. The lowest BCUT2D eigenvalue weighted by Gasteiger charge is -2.15. The summed E-state index contributed by atoms with van der Waals surface area (Å²) in [6.45, 7) is 0. The van der Waals surface area contributed by atoms with Gasteiger partial charge in [-0.05, 0) is 18.2 Å². The molecule has 112 valence electrons. The Bertz CT molecular complexity index is 661. The van der Waals surface area contributed by atoms with Crippen molar-refractivity contribution in [3.63, 3.8) is 0 Å². The fourth-order valence-corrected chi connectivity index (χ4v) is 2.08. The SMILES string of the molecule is NNc1nc(Nc2ccccc2C(F)(F)F)c(Cl)cc1Cl. The standard InChI is InChI=1S/C12H9Cl2F3N4/c13-7-5-8(14)11(21-18)20-10(7)19-9-4-2-1-3-6(9)12(15,16)17/h1-5H,18H2,(H2,19,20,21). The number of aromatic nitrogens is 1. The highest BCUT2D eigenvalue weighted by molar-refractivity contribution is 6.37. The van der Waals surface area contributed by atoms with Crippen LogP contribution in [0.4, 0.5) is 30.5 Å². The molecule has 0 unspecified atom stereocenters. The number of nitrogens with two attached hydrogens (primary N) is 1. The number of para-hydroxylation sites is 1. The molecule has 0 radical (unpaired) electrons. The van der Waals surface area contributed by atoms with Gasteiger partial charge in [0, 0.05) is 0 Å². The van der Waals surface area contributed by atoms with Crippen LogP contribution in [-0.4, -0.2) is 4.98 Å². The lowest BCUT2D eigenvalue weighted by molar-refractivity contribution is -0.136. The van der Waals surface area contributed by atoms with E-state index in [-0.39, 0.29) is 27.4 Å². The smallest absolute Gasteiger partial charge is 0.338 e. The Hall–Kier alpha value is -1.70. The summed E-state index contributed by atoms with van der Waals surface area (Å²) in [4.78, 5) is 3.93. The molecule has 1 aromatic heterocycles. The molecule has 2 aromatic rings. The lowest BCUT2D eigenvalue weighted by Crippen LogP contribution is -2.12. The second-order valence-electron chi connectivity index (χ2n) is 3.96. The lowest BCUT2D eigenvalue weighted by atomic mass is 10.1. The summed E-state index contributed by atoms with van der Waals surface area (Å²) >= 11 is 11.7. The maximum absolute atomic E-state index is 12.9. The van der Waals surface area contributed by atoms with Gasteiger partial charge in [0.2, 0.25) is 0 Å². The van der Waals surface area contributed by atoms with E-state index in [1.165, 1.54) is 24.3 Å². The first-order valence-electron chi connectivity index (χ1n) is 5.59. The number of nitrogen functional groups attached to an aromatic ring is 1. The van der Waals surface area contributed by atoms with Crippen LogP contribution in [0.1, 0.15) is 5.56 Å². The monoisotopic (exact) mass is 336 g/mol. The minimum Gasteiger partial charge on any atom is -0.338 e. The summed E-state index contributed by atoms with van der Waals surface area (Å²) < 4.78 is 38.7. The molecule has 21 heavy (non-hydrogen) atoms. The molecule has 0 fully saturated rings. The number of halogens is 5. The van der Waals surface area contributed by atoms with Gasteiger partial charge in [-0.3, -0.25) is 0 Å². The number of benzene rings is 1. The fourth-order valence-electron chi connectivity index (χ4n) is 1.62. The van der Waals surface area contributed by atoms with Crippen molar-refractivity contribution < 1.29 is 13.2 Å². The number of pyridine rings is 1. The normalized spacial score (nSPS) is 11.3. The van der Waals surface area contributed by atoms with Gasteiger partial charge in [0.25, 0.3) is 0 Å².